The highest BCUT2D eigenvalue weighted by Gasteiger charge is 2.05. The molecule has 0 amide bonds. The second kappa shape index (κ2) is 15.8. The standard InChI is InChI=1S/C23H34O5/c1-2-3-4-11-18-27-22(25)12-9-7-5-6-8-10-13-23(26)28-21-16-14-20(19-24)15-17-21/h14-17,19H,2-13,18H2,1H3. The van der Waals surface area contributed by atoms with Gasteiger partial charge in [-0.3, -0.25) is 14.4 Å². The van der Waals surface area contributed by atoms with Gasteiger partial charge in [0, 0.05) is 18.4 Å². The maximum Gasteiger partial charge on any atom is 0.311 e. The van der Waals surface area contributed by atoms with Gasteiger partial charge in [0.25, 0.3) is 0 Å². The molecular formula is C23H34O5. The minimum Gasteiger partial charge on any atom is -0.466 e. The second-order valence-corrected chi connectivity index (χ2v) is 7.06. The first-order valence-corrected chi connectivity index (χ1v) is 10.6. The summed E-state index contributed by atoms with van der Waals surface area (Å²) < 4.78 is 10.4. The molecule has 156 valence electrons. The molecule has 0 aliphatic heterocycles. The molecule has 28 heavy (non-hydrogen) atoms. The number of hydrogen-bond donors (Lipinski definition) is 0. The molecule has 1 aromatic rings. The molecule has 0 unspecified atom stereocenters. The van der Waals surface area contributed by atoms with Gasteiger partial charge in [0.05, 0.1) is 6.61 Å². The van der Waals surface area contributed by atoms with Crippen LogP contribution >= 0.6 is 0 Å². The largest absolute Gasteiger partial charge is 0.466 e. The molecule has 1 aromatic carbocycles. The maximum atomic E-state index is 11.8. The molecule has 0 atom stereocenters. The summed E-state index contributed by atoms with van der Waals surface area (Å²) in [6, 6.07) is 6.49. The number of esters is 2. The molecule has 0 saturated heterocycles. The number of unbranched alkanes of at least 4 members (excludes halogenated alkanes) is 8. The first kappa shape index (κ1) is 23.9. The van der Waals surface area contributed by atoms with Gasteiger partial charge in [-0.2, -0.15) is 0 Å². The Hall–Kier alpha value is -2.17. The van der Waals surface area contributed by atoms with E-state index >= 15 is 0 Å². The summed E-state index contributed by atoms with van der Waals surface area (Å²) >= 11 is 0. The summed E-state index contributed by atoms with van der Waals surface area (Å²) in [5.41, 5.74) is 0.556. The highest BCUT2D eigenvalue weighted by Crippen LogP contribution is 2.14. The van der Waals surface area contributed by atoms with Gasteiger partial charge in [-0.25, -0.2) is 0 Å². The molecule has 0 bridgehead atoms. The van der Waals surface area contributed by atoms with Crippen molar-refractivity contribution in [2.24, 2.45) is 0 Å². The van der Waals surface area contributed by atoms with E-state index in [-0.39, 0.29) is 11.9 Å². The van der Waals surface area contributed by atoms with Crippen LogP contribution in [0.1, 0.15) is 94.3 Å². The van der Waals surface area contributed by atoms with Crippen LogP contribution in [0.25, 0.3) is 0 Å². The Morgan fingerprint density at radius 2 is 1.36 bits per heavy atom. The Morgan fingerprint density at radius 1 is 0.786 bits per heavy atom. The zero-order chi connectivity index (χ0) is 20.5. The van der Waals surface area contributed by atoms with Crippen molar-refractivity contribution in [3.8, 4) is 5.75 Å². The lowest BCUT2D eigenvalue weighted by Gasteiger charge is -2.05. The Balaban J connectivity index is 1.93. The van der Waals surface area contributed by atoms with Gasteiger partial charge >= 0.3 is 11.9 Å². The molecule has 5 heteroatoms. The molecule has 0 saturated carbocycles. The topological polar surface area (TPSA) is 69.7 Å². The lowest BCUT2D eigenvalue weighted by Crippen LogP contribution is -2.07. The molecule has 0 aliphatic rings. The van der Waals surface area contributed by atoms with Crippen molar-refractivity contribution >= 4 is 18.2 Å². The van der Waals surface area contributed by atoms with Crippen LogP contribution in [-0.2, 0) is 14.3 Å². The molecule has 0 aromatic heterocycles. The maximum absolute atomic E-state index is 11.8. The fourth-order valence-electron chi connectivity index (χ4n) is 2.83. The summed E-state index contributed by atoms with van der Waals surface area (Å²) in [6.07, 6.45) is 11.9. The number of rotatable bonds is 16. The van der Waals surface area contributed by atoms with Crippen LogP contribution in [-0.4, -0.2) is 24.8 Å². The van der Waals surface area contributed by atoms with E-state index in [1.807, 2.05) is 0 Å². The van der Waals surface area contributed by atoms with E-state index in [1.165, 1.54) is 12.8 Å². The van der Waals surface area contributed by atoms with Crippen molar-refractivity contribution in [3.05, 3.63) is 29.8 Å². The highest BCUT2D eigenvalue weighted by molar-refractivity contribution is 5.76. The monoisotopic (exact) mass is 390 g/mol. The van der Waals surface area contributed by atoms with Crippen molar-refractivity contribution in [3.63, 3.8) is 0 Å². The fraction of sp³-hybridized carbons (Fsp3) is 0.609. The minimum absolute atomic E-state index is 0.0829. The van der Waals surface area contributed by atoms with Crippen molar-refractivity contribution in [2.45, 2.75) is 84.0 Å². The van der Waals surface area contributed by atoms with Crippen molar-refractivity contribution in [2.75, 3.05) is 6.61 Å². The molecule has 0 radical (unpaired) electrons. The van der Waals surface area contributed by atoms with E-state index in [0.29, 0.717) is 30.8 Å². The van der Waals surface area contributed by atoms with Gasteiger partial charge in [-0.05, 0) is 43.5 Å². The van der Waals surface area contributed by atoms with E-state index in [9.17, 15) is 14.4 Å². The first-order valence-electron chi connectivity index (χ1n) is 10.6. The van der Waals surface area contributed by atoms with E-state index in [2.05, 4.69) is 6.92 Å². The number of carbonyl (C=O) groups is 3. The molecule has 0 N–H and O–H groups in total. The van der Waals surface area contributed by atoms with E-state index in [1.54, 1.807) is 24.3 Å². The summed E-state index contributed by atoms with van der Waals surface area (Å²) in [6.45, 7) is 2.71. The van der Waals surface area contributed by atoms with Crippen LogP contribution in [0.15, 0.2) is 24.3 Å². The van der Waals surface area contributed by atoms with Crippen LogP contribution in [0.5, 0.6) is 5.75 Å². The first-order chi connectivity index (χ1) is 13.7. The number of hydrogen-bond acceptors (Lipinski definition) is 5. The summed E-state index contributed by atoms with van der Waals surface area (Å²) in [5, 5.41) is 0. The molecular weight excluding hydrogens is 356 g/mol. The highest BCUT2D eigenvalue weighted by atomic mass is 16.5. The molecule has 0 spiro atoms. The van der Waals surface area contributed by atoms with Crippen LogP contribution < -0.4 is 4.74 Å². The third-order valence-corrected chi connectivity index (χ3v) is 4.52. The van der Waals surface area contributed by atoms with Crippen molar-refractivity contribution < 1.29 is 23.9 Å². The van der Waals surface area contributed by atoms with Crippen LogP contribution in [0.4, 0.5) is 0 Å². The Kier molecular flexibility index (Phi) is 13.5. The fourth-order valence-corrected chi connectivity index (χ4v) is 2.83. The smallest absolute Gasteiger partial charge is 0.311 e. The second-order valence-electron chi connectivity index (χ2n) is 7.06. The van der Waals surface area contributed by atoms with Crippen LogP contribution in [0.3, 0.4) is 0 Å². The lowest BCUT2D eigenvalue weighted by molar-refractivity contribution is -0.144. The van der Waals surface area contributed by atoms with E-state index < -0.39 is 0 Å². The SMILES string of the molecule is CCCCCCOC(=O)CCCCCCCCC(=O)Oc1ccc(C=O)cc1. The molecule has 1 rings (SSSR count). The average Bonchev–Trinajstić information content (AvgIpc) is 2.70. The molecule has 5 nitrogen and oxygen atoms in total. The van der Waals surface area contributed by atoms with Gasteiger partial charge in [-0.1, -0.05) is 51.9 Å². The third-order valence-electron chi connectivity index (χ3n) is 4.52. The predicted molar refractivity (Wildman–Crippen MR) is 110 cm³/mol. The zero-order valence-electron chi connectivity index (χ0n) is 17.1. The van der Waals surface area contributed by atoms with Crippen LogP contribution in [0, 0.1) is 0 Å². The number of carbonyl (C=O) groups excluding carboxylic acids is 3. The Bertz CT molecular complexity index is 565. The lowest BCUT2D eigenvalue weighted by atomic mass is 10.1. The quantitative estimate of drug-likeness (QED) is 0.158. The van der Waals surface area contributed by atoms with Crippen LogP contribution in [0.2, 0.25) is 0 Å². The summed E-state index contributed by atoms with van der Waals surface area (Å²) in [7, 11) is 0. The summed E-state index contributed by atoms with van der Waals surface area (Å²) in [5.74, 6) is 0.133. The Labute approximate surface area is 168 Å². The van der Waals surface area contributed by atoms with Gasteiger partial charge in [-0.15, -0.1) is 0 Å². The van der Waals surface area contributed by atoms with Gasteiger partial charge in [0.2, 0.25) is 0 Å². The van der Waals surface area contributed by atoms with Crippen molar-refractivity contribution in [1.82, 2.24) is 0 Å². The minimum atomic E-state index is -0.250. The molecule has 0 heterocycles. The van der Waals surface area contributed by atoms with Crippen molar-refractivity contribution in [1.29, 1.82) is 0 Å². The van der Waals surface area contributed by atoms with E-state index in [0.717, 1.165) is 57.7 Å². The third kappa shape index (κ3) is 12.3. The number of ether oxygens (including phenoxy) is 2. The van der Waals surface area contributed by atoms with Gasteiger partial charge in [0.15, 0.2) is 0 Å². The Morgan fingerprint density at radius 3 is 1.96 bits per heavy atom. The average molecular weight is 391 g/mol. The number of aldehydes is 1. The normalized spacial score (nSPS) is 10.5. The molecule has 0 fully saturated rings. The number of benzene rings is 1. The van der Waals surface area contributed by atoms with Gasteiger partial charge in [0.1, 0.15) is 12.0 Å². The summed E-state index contributed by atoms with van der Waals surface area (Å²) in [4.78, 5) is 33.9. The predicted octanol–water partition coefficient (Wildman–Crippen LogP) is 5.65. The molecule has 0 aliphatic carbocycles. The zero-order valence-corrected chi connectivity index (χ0v) is 17.1. The van der Waals surface area contributed by atoms with E-state index in [4.69, 9.17) is 9.47 Å². The van der Waals surface area contributed by atoms with Gasteiger partial charge < -0.3 is 9.47 Å².